The SMILES string of the molecule is CC(CCc1ccccc1)NC(=O)CC1(CC2=NS(=O)(=O)c3ccccc3N2)CCCC1. The van der Waals surface area contributed by atoms with Gasteiger partial charge in [-0.05, 0) is 55.7 Å². The number of rotatable bonds is 8. The van der Waals surface area contributed by atoms with Gasteiger partial charge in [-0.3, -0.25) is 4.79 Å². The van der Waals surface area contributed by atoms with Crippen LogP contribution in [-0.4, -0.2) is 26.2 Å². The fraction of sp³-hybridized carbons (Fsp3) is 0.440. The van der Waals surface area contributed by atoms with E-state index in [-0.39, 0.29) is 22.3 Å². The van der Waals surface area contributed by atoms with Gasteiger partial charge in [0, 0.05) is 18.9 Å². The lowest BCUT2D eigenvalue weighted by atomic mass is 9.78. The van der Waals surface area contributed by atoms with Gasteiger partial charge in [0.2, 0.25) is 5.91 Å². The molecule has 2 aliphatic rings. The zero-order valence-electron chi connectivity index (χ0n) is 18.5. The van der Waals surface area contributed by atoms with Crippen LogP contribution < -0.4 is 10.6 Å². The first-order chi connectivity index (χ1) is 15.4. The number of amides is 1. The van der Waals surface area contributed by atoms with E-state index in [2.05, 4.69) is 27.2 Å². The molecule has 1 saturated carbocycles. The van der Waals surface area contributed by atoms with Gasteiger partial charge in [0.25, 0.3) is 10.0 Å². The molecule has 1 atom stereocenters. The molecule has 7 heteroatoms. The van der Waals surface area contributed by atoms with Crippen molar-refractivity contribution >= 4 is 27.5 Å². The Kier molecular flexibility index (Phi) is 6.65. The molecule has 0 spiro atoms. The number of hydrogen-bond acceptors (Lipinski definition) is 4. The molecule has 32 heavy (non-hydrogen) atoms. The topological polar surface area (TPSA) is 87.6 Å². The minimum Gasteiger partial charge on any atom is -0.354 e. The fourth-order valence-corrected chi connectivity index (χ4v) is 6.05. The van der Waals surface area contributed by atoms with Crippen molar-refractivity contribution in [3.63, 3.8) is 0 Å². The molecule has 0 radical (unpaired) electrons. The number of fused-ring (bicyclic) bond motifs is 1. The van der Waals surface area contributed by atoms with Crippen LogP contribution in [0.5, 0.6) is 0 Å². The van der Waals surface area contributed by atoms with Gasteiger partial charge in [-0.25, -0.2) is 0 Å². The first-order valence-corrected chi connectivity index (χ1v) is 12.8. The number of nitrogens with one attached hydrogen (secondary N) is 2. The highest BCUT2D eigenvalue weighted by Gasteiger charge is 2.39. The van der Waals surface area contributed by atoms with Crippen molar-refractivity contribution in [1.82, 2.24) is 5.32 Å². The molecule has 1 fully saturated rings. The summed E-state index contributed by atoms with van der Waals surface area (Å²) in [5.74, 6) is 0.475. The monoisotopic (exact) mass is 453 g/mol. The Labute approximate surface area is 190 Å². The third kappa shape index (κ3) is 5.38. The van der Waals surface area contributed by atoms with Crippen molar-refractivity contribution in [1.29, 1.82) is 0 Å². The van der Waals surface area contributed by atoms with E-state index in [4.69, 9.17) is 0 Å². The molecule has 2 aromatic rings. The number of amidine groups is 1. The molecule has 1 amide bonds. The van der Waals surface area contributed by atoms with Crippen LogP contribution in [0.1, 0.15) is 57.4 Å². The van der Waals surface area contributed by atoms with Gasteiger partial charge in [-0.15, -0.1) is 4.40 Å². The summed E-state index contributed by atoms with van der Waals surface area (Å²) in [6, 6.07) is 17.2. The number of carbonyl (C=O) groups excluding carboxylic acids is 1. The van der Waals surface area contributed by atoms with E-state index >= 15 is 0 Å². The number of hydrogen-bond donors (Lipinski definition) is 2. The molecule has 1 aliphatic carbocycles. The Bertz CT molecular complexity index is 1090. The summed E-state index contributed by atoms with van der Waals surface area (Å²) in [6.07, 6.45) is 6.57. The van der Waals surface area contributed by atoms with Crippen molar-refractivity contribution in [3.8, 4) is 0 Å². The van der Waals surface area contributed by atoms with E-state index in [1.54, 1.807) is 24.3 Å². The number of sulfonamides is 1. The number of carbonyl (C=O) groups is 1. The van der Waals surface area contributed by atoms with E-state index in [1.807, 2.05) is 25.1 Å². The van der Waals surface area contributed by atoms with Gasteiger partial charge in [0.1, 0.15) is 10.7 Å². The minimum absolute atomic E-state index is 0.0344. The van der Waals surface area contributed by atoms with Crippen LogP contribution in [0.2, 0.25) is 0 Å². The molecular formula is C25H31N3O3S. The molecule has 2 N–H and O–H groups in total. The maximum atomic E-state index is 12.9. The average molecular weight is 454 g/mol. The lowest BCUT2D eigenvalue weighted by Crippen LogP contribution is -2.38. The van der Waals surface area contributed by atoms with Gasteiger partial charge in [-0.2, -0.15) is 8.42 Å². The summed E-state index contributed by atoms with van der Waals surface area (Å²) < 4.78 is 29.3. The molecule has 2 aromatic carbocycles. The maximum Gasteiger partial charge on any atom is 0.286 e. The van der Waals surface area contributed by atoms with E-state index in [0.29, 0.717) is 24.4 Å². The van der Waals surface area contributed by atoms with Crippen molar-refractivity contribution < 1.29 is 13.2 Å². The number of anilines is 1. The van der Waals surface area contributed by atoms with Crippen LogP contribution in [0.3, 0.4) is 0 Å². The lowest BCUT2D eigenvalue weighted by molar-refractivity contribution is -0.124. The summed E-state index contributed by atoms with van der Waals surface area (Å²) >= 11 is 0. The molecule has 1 unspecified atom stereocenters. The number of nitrogens with zero attached hydrogens (tertiary/aromatic N) is 1. The number of aryl methyl sites for hydroxylation is 1. The van der Waals surface area contributed by atoms with Gasteiger partial charge in [0.15, 0.2) is 0 Å². The molecule has 0 aromatic heterocycles. The predicted octanol–water partition coefficient (Wildman–Crippen LogP) is 4.68. The minimum atomic E-state index is -3.72. The van der Waals surface area contributed by atoms with Crippen molar-refractivity contribution in [2.24, 2.45) is 9.81 Å². The molecule has 0 saturated heterocycles. The quantitative estimate of drug-likeness (QED) is 0.608. The largest absolute Gasteiger partial charge is 0.354 e. The highest BCUT2D eigenvalue weighted by atomic mass is 32.2. The molecule has 6 nitrogen and oxygen atoms in total. The summed E-state index contributed by atoms with van der Waals surface area (Å²) in [5, 5.41) is 6.35. The van der Waals surface area contributed by atoms with Crippen molar-refractivity contribution in [2.75, 3.05) is 5.32 Å². The molecule has 1 heterocycles. The molecule has 4 rings (SSSR count). The Balaban J connectivity index is 1.39. The lowest BCUT2D eigenvalue weighted by Gasteiger charge is -2.31. The van der Waals surface area contributed by atoms with Crippen LogP contribution in [-0.2, 0) is 21.2 Å². The van der Waals surface area contributed by atoms with Gasteiger partial charge in [0.05, 0.1) is 5.69 Å². The summed E-state index contributed by atoms with van der Waals surface area (Å²) in [7, 11) is -3.72. The zero-order valence-corrected chi connectivity index (χ0v) is 19.3. The highest BCUT2D eigenvalue weighted by Crippen LogP contribution is 2.45. The van der Waals surface area contributed by atoms with Gasteiger partial charge >= 0.3 is 0 Å². The molecule has 1 aliphatic heterocycles. The summed E-state index contributed by atoms with van der Waals surface area (Å²) in [6.45, 7) is 2.04. The first kappa shape index (κ1) is 22.5. The Hall–Kier alpha value is -2.67. The van der Waals surface area contributed by atoms with E-state index in [0.717, 1.165) is 38.5 Å². The predicted molar refractivity (Wildman–Crippen MR) is 127 cm³/mol. The standard InChI is InChI=1S/C25H31N3O3S/c1-19(13-14-20-9-3-2-4-10-20)26-24(29)18-25(15-7-8-16-25)17-23-27-21-11-5-6-12-22(21)32(30,31)28-23/h2-6,9-12,19H,7-8,13-18H2,1H3,(H,26,29)(H,27,28). The normalized spacial score (nSPS) is 19.3. The Morgan fingerprint density at radius 2 is 1.78 bits per heavy atom. The second-order valence-electron chi connectivity index (χ2n) is 9.19. The third-order valence-corrected chi connectivity index (χ3v) is 7.91. The summed E-state index contributed by atoms with van der Waals surface area (Å²) in [4.78, 5) is 13.1. The molecule has 170 valence electrons. The van der Waals surface area contributed by atoms with Crippen LogP contribution in [0, 0.1) is 5.41 Å². The molecular weight excluding hydrogens is 422 g/mol. The van der Waals surface area contributed by atoms with Crippen LogP contribution in [0.25, 0.3) is 0 Å². The van der Waals surface area contributed by atoms with E-state index in [1.165, 1.54) is 5.56 Å². The van der Waals surface area contributed by atoms with Crippen LogP contribution >= 0.6 is 0 Å². The smallest absolute Gasteiger partial charge is 0.286 e. The van der Waals surface area contributed by atoms with Crippen LogP contribution in [0.4, 0.5) is 5.69 Å². The number of para-hydroxylation sites is 1. The first-order valence-electron chi connectivity index (χ1n) is 11.4. The Morgan fingerprint density at radius 3 is 2.53 bits per heavy atom. The highest BCUT2D eigenvalue weighted by molar-refractivity contribution is 7.90. The second-order valence-corrected chi connectivity index (χ2v) is 10.8. The Morgan fingerprint density at radius 1 is 1.09 bits per heavy atom. The van der Waals surface area contributed by atoms with Crippen molar-refractivity contribution in [3.05, 3.63) is 60.2 Å². The van der Waals surface area contributed by atoms with Crippen LogP contribution in [0.15, 0.2) is 63.9 Å². The second kappa shape index (κ2) is 9.45. The summed E-state index contributed by atoms with van der Waals surface area (Å²) in [5.41, 5.74) is 1.57. The molecule has 0 bridgehead atoms. The van der Waals surface area contributed by atoms with Gasteiger partial charge < -0.3 is 10.6 Å². The van der Waals surface area contributed by atoms with E-state index < -0.39 is 10.0 Å². The van der Waals surface area contributed by atoms with E-state index in [9.17, 15) is 13.2 Å². The third-order valence-electron chi connectivity index (χ3n) is 6.53. The number of benzene rings is 2. The average Bonchev–Trinajstić information content (AvgIpc) is 3.20. The maximum absolute atomic E-state index is 12.9. The van der Waals surface area contributed by atoms with Crippen molar-refractivity contribution in [2.45, 2.75) is 69.2 Å². The zero-order chi connectivity index (χ0) is 22.6. The fourth-order valence-electron chi connectivity index (χ4n) is 4.91. The van der Waals surface area contributed by atoms with Gasteiger partial charge in [-0.1, -0.05) is 55.3 Å².